The van der Waals surface area contributed by atoms with E-state index in [-0.39, 0.29) is 0 Å². The van der Waals surface area contributed by atoms with Crippen LogP contribution in [-0.4, -0.2) is 11.0 Å². The molecule has 2 rings (SSSR count). The molecule has 1 N–H and O–H groups in total. The lowest BCUT2D eigenvalue weighted by molar-refractivity contribution is 0.0704. The zero-order chi connectivity index (χ0) is 12.8. The molecule has 0 fully saturated rings. The Labute approximate surface area is 113 Å². The Kier molecular flexibility index (Phi) is 4.40. The molecule has 0 unspecified atom stereocenters. The normalized spacial score (nSPS) is 11.4. The van der Waals surface area contributed by atoms with Crippen LogP contribution >= 0.6 is 11.6 Å². The second kappa shape index (κ2) is 6.03. The topological polar surface area (TPSA) is 20.2 Å². The van der Waals surface area contributed by atoms with Gasteiger partial charge in [0, 0.05) is 5.88 Å². The quantitative estimate of drug-likeness (QED) is 0.808. The lowest BCUT2D eigenvalue weighted by Gasteiger charge is -2.29. The first-order chi connectivity index (χ1) is 8.77. The van der Waals surface area contributed by atoms with E-state index in [9.17, 15) is 5.11 Å². The summed E-state index contributed by atoms with van der Waals surface area (Å²) in [5.41, 5.74) is 0.889. The first-order valence-corrected chi connectivity index (χ1v) is 6.70. The highest BCUT2D eigenvalue weighted by Gasteiger charge is 2.30. The van der Waals surface area contributed by atoms with Crippen molar-refractivity contribution in [2.45, 2.75) is 18.4 Å². The van der Waals surface area contributed by atoms with Gasteiger partial charge >= 0.3 is 0 Å². The Morgan fingerprint density at radius 1 is 0.833 bits per heavy atom. The number of alkyl halides is 1. The molecule has 0 saturated carbocycles. The number of benzene rings is 2. The fourth-order valence-electron chi connectivity index (χ4n) is 2.21. The molecule has 0 aliphatic carbocycles. The molecule has 0 spiro atoms. The van der Waals surface area contributed by atoms with E-state index in [1.54, 1.807) is 0 Å². The van der Waals surface area contributed by atoms with Crippen LogP contribution in [0.5, 0.6) is 0 Å². The van der Waals surface area contributed by atoms with Crippen LogP contribution in [0.4, 0.5) is 0 Å². The van der Waals surface area contributed by atoms with Gasteiger partial charge in [0.05, 0.1) is 0 Å². The van der Waals surface area contributed by atoms with Crippen LogP contribution in [0.1, 0.15) is 24.0 Å². The van der Waals surface area contributed by atoms with Crippen molar-refractivity contribution in [2.75, 3.05) is 5.88 Å². The summed E-state index contributed by atoms with van der Waals surface area (Å²) in [6.45, 7) is 0. The zero-order valence-corrected chi connectivity index (χ0v) is 11.0. The van der Waals surface area contributed by atoms with Gasteiger partial charge in [-0.15, -0.1) is 11.6 Å². The monoisotopic (exact) mass is 260 g/mol. The molecule has 1 nitrogen and oxygen atoms in total. The van der Waals surface area contributed by atoms with E-state index < -0.39 is 5.60 Å². The van der Waals surface area contributed by atoms with Gasteiger partial charge in [0.1, 0.15) is 5.60 Å². The number of halogens is 1. The van der Waals surface area contributed by atoms with Gasteiger partial charge in [-0.05, 0) is 24.0 Å². The maximum absolute atomic E-state index is 11.0. The van der Waals surface area contributed by atoms with Crippen LogP contribution < -0.4 is 0 Å². The second-order valence-electron chi connectivity index (χ2n) is 4.38. The van der Waals surface area contributed by atoms with Crippen molar-refractivity contribution >= 4 is 11.6 Å². The first kappa shape index (κ1) is 13.1. The Balaban J connectivity index is 2.41. The van der Waals surface area contributed by atoms with Crippen LogP contribution in [0.2, 0.25) is 0 Å². The molecule has 0 heterocycles. The third-order valence-electron chi connectivity index (χ3n) is 3.17. The minimum atomic E-state index is -0.947. The van der Waals surface area contributed by atoms with E-state index in [2.05, 4.69) is 0 Å². The zero-order valence-electron chi connectivity index (χ0n) is 10.2. The SMILES string of the molecule is OC(CCCCl)(c1ccccc1)c1ccccc1. The van der Waals surface area contributed by atoms with E-state index >= 15 is 0 Å². The molecule has 2 heteroatoms. The molecule has 2 aromatic carbocycles. The minimum absolute atomic E-state index is 0.558. The van der Waals surface area contributed by atoms with Crippen LogP contribution in [0.25, 0.3) is 0 Å². The van der Waals surface area contributed by atoms with Gasteiger partial charge in [0.25, 0.3) is 0 Å². The van der Waals surface area contributed by atoms with Crippen molar-refractivity contribution in [3.05, 3.63) is 71.8 Å². The number of hydrogen-bond donors (Lipinski definition) is 1. The Hall–Kier alpha value is -1.31. The van der Waals surface area contributed by atoms with E-state index in [1.807, 2.05) is 60.7 Å². The van der Waals surface area contributed by atoms with Gasteiger partial charge < -0.3 is 5.11 Å². The average Bonchev–Trinajstić information content (AvgIpc) is 2.46. The van der Waals surface area contributed by atoms with Crippen molar-refractivity contribution in [1.29, 1.82) is 0 Å². The maximum atomic E-state index is 11.0. The molecule has 0 bridgehead atoms. The molecule has 0 radical (unpaired) electrons. The molecule has 2 aromatic rings. The first-order valence-electron chi connectivity index (χ1n) is 6.17. The van der Waals surface area contributed by atoms with Crippen LogP contribution in [0.15, 0.2) is 60.7 Å². The van der Waals surface area contributed by atoms with E-state index in [1.165, 1.54) is 0 Å². The Morgan fingerprint density at radius 3 is 1.67 bits per heavy atom. The maximum Gasteiger partial charge on any atom is 0.115 e. The Bertz CT molecular complexity index is 427. The molecule has 18 heavy (non-hydrogen) atoms. The molecule has 0 aromatic heterocycles. The van der Waals surface area contributed by atoms with Gasteiger partial charge in [0.15, 0.2) is 0 Å². The van der Waals surface area contributed by atoms with Gasteiger partial charge in [-0.3, -0.25) is 0 Å². The standard InChI is InChI=1S/C16H17ClO/c17-13-7-12-16(18,14-8-3-1-4-9-14)15-10-5-2-6-11-15/h1-6,8-11,18H,7,12-13H2. The number of aliphatic hydroxyl groups is 1. The Morgan fingerprint density at radius 2 is 1.28 bits per heavy atom. The fourth-order valence-corrected chi connectivity index (χ4v) is 2.34. The second-order valence-corrected chi connectivity index (χ2v) is 4.76. The molecule has 0 aliphatic rings. The summed E-state index contributed by atoms with van der Waals surface area (Å²) >= 11 is 5.77. The van der Waals surface area contributed by atoms with E-state index in [0.717, 1.165) is 17.5 Å². The molecule has 0 aliphatic heterocycles. The summed E-state index contributed by atoms with van der Waals surface area (Å²) in [5, 5.41) is 11.0. The van der Waals surface area contributed by atoms with Crippen molar-refractivity contribution in [3.8, 4) is 0 Å². The van der Waals surface area contributed by atoms with Crippen LogP contribution in [0, 0.1) is 0 Å². The lowest BCUT2D eigenvalue weighted by Crippen LogP contribution is -2.27. The van der Waals surface area contributed by atoms with Crippen molar-refractivity contribution in [2.24, 2.45) is 0 Å². The summed E-state index contributed by atoms with van der Waals surface area (Å²) in [5.74, 6) is 0.558. The third-order valence-corrected chi connectivity index (χ3v) is 3.44. The molecule has 0 saturated heterocycles. The predicted octanol–water partition coefficient (Wildman–Crippen LogP) is 3.94. The fraction of sp³-hybridized carbons (Fsp3) is 0.250. The number of hydrogen-bond acceptors (Lipinski definition) is 1. The van der Waals surface area contributed by atoms with Gasteiger partial charge in [-0.2, -0.15) is 0 Å². The molecular weight excluding hydrogens is 244 g/mol. The molecular formula is C16H17ClO. The molecule has 94 valence electrons. The van der Waals surface area contributed by atoms with Gasteiger partial charge in [-0.1, -0.05) is 60.7 Å². The van der Waals surface area contributed by atoms with Crippen LogP contribution in [0.3, 0.4) is 0 Å². The largest absolute Gasteiger partial charge is 0.380 e. The highest BCUT2D eigenvalue weighted by atomic mass is 35.5. The highest BCUT2D eigenvalue weighted by Crippen LogP contribution is 2.33. The smallest absolute Gasteiger partial charge is 0.115 e. The predicted molar refractivity (Wildman–Crippen MR) is 75.8 cm³/mol. The van der Waals surface area contributed by atoms with E-state index in [0.29, 0.717) is 12.3 Å². The highest BCUT2D eigenvalue weighted by molar-refractivity contribution is 6.17. The van der Waals surface area contributed by atoms with Gasteiger partial charge in [0.2, 0.25) is 0 Å². The van der Waals surface area contributed by atoms with E-state index in [4.69, 9.17) is 11.6 Å². The minimum Gasteiger partial charge on any atom is -0.380 e. The third kappa shape index (κ3) is 2.74. The molecule has 0 amide bonds. The summed E-state index contributed by atoms with van der Waals surface area (Å²) in [4.78, 5) is 0. The van der Waals surface area contributed by atoms with Crippen molar-refractivity contribution < 1.29 is 5.11 Å². The van der Waals surface area contributed by atoms with Crippen LogP contribution in [-0.2, 0) is 5.60 Å². The summed E-state index contributed by atoms with van der Waals surface area (Å²) in [6.07, 6.45) is 1.41. The number of rotatable bonds is 5. The summed E-state index contributed by atoms with van der Waals surface area (Å²) < 4.78 is 0. The summed E-state index contributed by atoms with van der Waals surface area (Å²) in [7, 11) is 0. The lowest BCUT2D eigenvalue weighted by atomic mass is 9.83. The average molecular weight is 261 g/mol. The van der Waals surface area contributed by atoms with Gasteiger partial charge in [-0.25, -0.2) is 0 Å². The summed E-state index contributed by atoms with van der Waals surface area (Å²) in [6, 6.07) is 19.5. The van der Waals surface area contributed by atoms with Crippen molar-refractivity contribution in [1.82, 2.24) is 0 Å². The van der Waals surface area contributed by atoms with Crippen molar-refractivity contribution in [3.63, 3.8) is 0 Å². The molecule has 0 atom stereocenters.